The molecule has 1 aliphatic rings. The molecule has 2 atom stereocenters. The van der Waals surface area contributed by atoms with Crippen molar-refractivity contribution in [2.45, 2.75) is 23.0 Å². The van der Waals surface area contributed by atoms with Gasteiger partial charge in [-0.15, -0.1) is 17.9 Å². The molecule has 1 aliphatic heterocycles. The van der Waals surface area contributed by atoms with Crippen LogP contribution in [0.25, 0.3) is 21.1 Å². The molecule has 2 unspecified atom stereocenters. The van der Waals surface area contributed by atoms with E-state index in [0.29, 0.717) is 22.4 Å². The molecule has 7 heteroatoms. The Bertz CT molecular complexity index is 1340. The molecular formula is C22H17N3O2S2. The highest BCUT2D eigenvalue weighted by molar-refractivity contribution is 7.88. The highest BCUT2D eigenvalue weighted by Gasteiger charge is 2.47. The summed E-state index contributed by atoms with van der Waals surface area (Å²) in [6, 6.07) is 11.5. The van der Waals surface area contributed by atoms with Crippen LogP contribution in [0, 0.1) is 0 Å². The predicted octanol–water partition coefficient (Wildman–Crippen LogP) is 5.23. The molecule has 0 fully saturated rings. The molecule has 29 heavy (non-hydrogen) atoms. The Kier molecular flexibility index (Phi) is 4.11. The first-order valence-electron chi connectivity index (χ1n) is 9.12. The second-order valence-electron chi connectivity index (χ2n) is 7.21. The third kappa shape index (κ3) is 2.73. The number of carbonyl (C=O) groups excluding carboxylic acids is 1. The van der Waals surface area contributed by atoms with Crippen molar-refractivity contribution < 1.29 is 9.00 Å². The van der Waals surface area contributed by atoms with Gasteiger partial charge in [0.15, 0.2) is 5.78 Å². The second kappa shape index (κ2) is 6.57. The summed E-state index contributed by atoms with van der Waals surface area (Å²) in [6.45, 7) is 5.46. The zero-order valence-electron chi connectivity index (χ0n) is 15.6. The van der Waals surface area contributed by atoms with Gasteiger partial charge in [-0.05, 0) is 49.7 Å². The third-order valence-electron chi connectivity index (χ3n) is 5.32. The van der Waals surface area contributed by atoms with E-state index in [0.717, 1.165) is 27.0 Å². The zero-order chi connectivity index (χ0) is 20.2. The van der Waals surface area contributed by atoms with Crippen molar-refractivity contribution >= 4 is 60.4 Å². The minimum absolute atomic E-state index is 0.109. The number of carbonyl (C=O) groups is 1. The van der Waals surface area contributed by atoms with Crippen molar-refractivity contribution in [2.75, 3.05) is 5.32 Å². The van der Waals surface area contributed by atoms with Crippen molar-refractivity contribution in [1.29, 1.82) is 0 Å². The lowest BCUT2D eigenvalue weighted by molar-refractivity contribution is 0.0953. The molecule has 2 aromatic heterocycles. The standard InChI is InChI=1S/C22H17N3O2S2/c1-3-7-22(2)21(26)15-10-17-14(11-20(15)29(22)27)16(6-8-23-17)25-13-4-5-19-18(9-13)24-12-28-19/h3-6,8-12H,1,7H2,2H3,(H,23,25). The molecule has 144 valence electrons. The van der Waals surface area contributed by atoms with E-state index in [2.05, 4.69) is 21.9 Å². The predicted molar refractivity (Wildman–Crippen MR) is 119 cm³/mol. The summed E-state index contributed by atoms with van der Waals surface area (Å²) in [5, 5.41) is 4.24. The van der Waals surface area contributed by atoms with Crippen molar-refractivity contribution in [3.8, 4) is 0 Å². The van der Waals surface area contributed by atoms with E-state index in [1.165, 1.54) is 0 Å². The number of nitrogens with zero attached hydrogens (tertiary/aromatic N) is 2. The Morgan fingerprint density at radius 1 is 1.21 bits per heavy atom. The summed E-state index contributed by atoms with van der Waals surface area (Å²) in [6.07, 6.45) is 3.73. The fraction of sp³-hybridized carbons (Fsp3) is 0.136. The minimum Gasteiger partial charge on any atom is -0.355 e. The summed E-state index contributed by atoms with van der Waals surface area (Å²) in [5.41, 5.74) is 5.70. The van der Waals surface area contributed by atoms with Crippen LogP contribution in [-0.2, 0) is 10.8 Å². The SMILES string of the molecule is C=CCC1(C)C(=O)c2cc3nccc(Nc4ccc5scnc5c4)c3cc2S1=O. The van der Waals surface area contributed by atoms with E-state index in [4.69, 9.17) is 0 Å². The van der Waals surface area contributed by atoms with E-state index in [1.807, 2.05) is 35.8 Å². The maximum Gasteiger partial charge on any atom is 0.183 e. The Labute approximate surface area is 174 Å². The Balaban J connectivity index is 1.62. The number of thiazole rings is 1. The molecule has 5 rings (SSSR count). The number of nitrogens with one attached hydrogen (secondary N) is 1. The number of hydrogen-bond donors (Lipinski definition) is 1. The molecular weight excluding hydrogens is 402 g/mol. The van der Waals surface area contributed by atoms with Crippen LogP contribution < -0.4 is 5.32 Å². The second-order valence-corrected chi connectivity index (χ2v) is 9.97. The number of Topliss-reactive ketones (excluding diaryl/α,β-unsaturated/α-hetero) is 1. The Morgan fingerprint density at radius 2 is 2.07 bits per heavy atom. The van der Waals surface area contributed by atoms with Gasteiger partial charge in [-0.3, -0.25) is 14.0 Å². The molecule has 0 spiro atoms. The summed E-state index contributed by atoms with van der Waals surface area (Å²) < 4.78 is 13.3. The van der Waals surface area contributed by atoms with Gasteiger partial charge in [-0.25, -0.2) is 4.98 Å². The van der Waals surface area contributed by atoms with Gasteiger partial charge in [0.05, 0.1) is 36.9 Å². The summed E-state index contributed by atoms with van der Waals surface area (Å²) in [7, 11) is -1.44. The van der Waals surface area contributed by atoms with Gasteiger partial charge in [-0.2, -0.15) is 0 Å². The molecule has 3 heterocycles. The lowest BCUT2D eigenvalue weighted by Gasteiger charge is -2.17. The van der Waals surface area contributed by atoms with Crippen LogP contribution in [0.3, 0.4) is 0 Å². The average molecular weight is 420 g/mol. The highest BCUT2D eigenvalue weighted by Crippen LogP contribution is 2.41. The first kappa shape index (κ1) is 18.1. The number of pyridine rings is 1. The third-order valence-corrected chi connectivity index (χ3v) is 8.04. The Hall–Kier alpha value is -2.90. The molecule has 2 aromatic carbocycles. The smallest absolute Gasteiger partial charge is 0.183 e. The molecule has 0 bridgehead atoms. The van der Waals surface area contributed by atoms with Crippen LogP contribution in [0.1, 0.15) is 23.7 Å². The van der Waals surface area contributed by atoms with Crippen molar-refractivity contribution in [2.24, 2.45) is 0 Å². The molecule has 0 aliphatic carbocycles. The fourth-order valence-corrected chi connectivity index (χ4v) is 6.03. The molecule has 5 nitrogen and oxygen atoms in total. The monoisotopic (exact) mass is 419 g/mol. The van der Waals surface area contributed by atoms with Gasteiger partial charge in [-0.1, -0.05) is 6.08 Å². The quantitative estimate of drug-likeness (QED) is 0.459. The van der Waals surface area contributed by atoms with Crippen LogP contribution in [0.4, 0.5) is 11.4 Å². The van der Waals surface area contributed by atoms with E-state index in [-0.39, 0.29) is 5.78 Å². The van der Waals surface area contributed by atoms with Gasteiger partial charge in [0.25, 0.3) is 0 Å². The van der Waals surface area contributed by atoms with E-state index in [1.54, 1.807) is 36.6 Å². The normalized spacial score (nSPS) is 20.9. The highest BCUT2D eigenvalue weighted by atomic mass is 32.2. The molecule has 0 radical (unpaired) electrons. The summed E-state index contributed by atoms with van der Waals surface area (Å²) >= 11 is 1.60. The zero-order valence-corrected chi connectivity index (χ0v) is 17.3. The summed E-state index contributed by atoms with van der Waals surface area (Å²) in [5.74, 6) is -0.109. The van der Waals surface area contributed by atoms with Crippen molar-refractivity contribution in [3.63, 3.8) is 0 Å². The van der Waals surface area contributed by atoms with E-state index < -0.39 is 15.5 Å². The maximum absolute atomic E-state index is 13.1. The number of hydrogen-bond acceptors (Lipinski definition) is 6. The average Bonchev–Trinajstić information content (AvgIpc) is 3.25. The molecule has 0 saturated heterocycles. The largest absolute Gasteiger partial charge is 0.355 e. The lowest BCUT2D eigenvalue weighted by Crippen LogP contribution is -2.33. The number of allylic oxidation sites excluding steroid dienone is 1. The number of benzene rings is 2. The van der Waals surface area contributed by atoms with Gasteiger partial charge in [0.2, 0.25) is 0 Å². The van der Waals surface area contributed by atoms with Crippen LogP contribution in [0.5, 0.6) is 0 Å². The first-order valence-corrected chi connectivity index (χ1v) is 11.1. The minimum atomic E-state index is -1.44. The van der Waals surface area contributed by atoms with E-state index >= 15 is 0 Å². The first-order chi connectivity index (χ1) is 14.0. The van der Waals surface area contributed by atoms with Crippen LogP contribution in [0.15, 0.2) is 65.7 Å². The van der Waals surface area contributed by atoms with Gasteiger partial charge < -0.3 is 5.32 Å². The van der Waals surface area contributed by atoms with Crippen LogP contribution >= 0.6 is 11.3 Å². The topological polar surface area (TPSA) is 72.0 Å². The van der Waals surface area contributed by atoms with Crippen molar-refractivity contribution in [1.82, 2.24) is 9.97 Å². The number of fused-ring (bicyclic) bond motifs is 3. The molecule has 4 aromatic rings. The van der Waals surface area contributed by atoms with Gasteiger partial charge in [0.1, 0.15) is 4.75 Å². The molecule has 0 saturated carbocycles. The van der Waals surface area contributed by atoms with Crippen LogP contribution in [0.2, 0.25) is 0 Å². The molecule has 0 amide bonds. The lowest BCUT2D eigenvalue weighted by atomic mass is 9.95. The van der Waals surface area contributed by atoms with Gasteiger partial charge >= 0.3 is 0 Å². The molecule has 1 N–H and O–H groups in total. The number of ketones is 1. The summed E-state index contributed by atoms with van der Waals surface area (Å²) in [4.78, 5) is 22.3. The number of aromatic nitrogens is 2. The maximum atomic E-state index is 13.1. The Morgan fingerprint density at radius 3 is 2.90 bits per heavy atom. The van der Waals surface area contributed by atoms with E-state index in [9.17, 15) is 9.00 Å². The fourth-order valence-electron chi connectivity index (χ4n) is 3.76. The number of anilines is 2. The van der Waals surface area contributed by atoms with Crippen molar-refractivity contribution in [3.05, 3.63) is 66.3 Å². The van der Waals surface area contributed by atoms with Crippen LogP contribution in [-0.4, -0.2) is 24.7 Å². The number of rotatable bonds is 4. The van der Waals surface area contributed by atoms with Gasteiger partial charge in [0, 0.05) is 28.5 Å².